The zero-order valence-electron chi connectivity index (χ0n) is 14.3. The molecular weight excluding hydrogens is 468 g/mol. The van der Waals surface area contributed by atoms with Gasteiger partial charge in [-0.3, -0.25) is 0 Å². The van der Waals surface area contributed by atoms with Crippen LogP contribution in [0.25, 0.3) is 0 Å². The molecule has 0 atom stereocenters. The predicted molar refractivity (Wildman–Crippen MR) is 105 cm³/mol. The Bertz CT molecular complexity index is 818. The molecule has 5 nitrogen and oxygen atoms in total. The van der Waals surface area contributed by atoms with Crippen molar-refractivity contribution in [1.82, 2.24) is 0 Å². The monoisotopic (exact) mass is 484 g/mol. The molecule has 0 unspecified atom stereocenters. The number of esters is 1. The summed E-state index contributed by atoms with van der Waals surface area (Å²) in [6.45, 7) is 4.69. The predicted octanol–water partition coefficient (Wildman–Crippen LogP) is 5.55. The summed E-state index contributed by atoms with van der Waals surface area (Å²) >= 11 is 6.57. The Morgan fingerprint density at radius 1 is 1.08 bits per heavy atom. The molecule has 26 heavy (non-hydrogen) atoms. The molecule has 0 fully saturated rings. The zero-order chi connectivity index (χ0) is 19.3. The van der Waals surface area contributed by atoms with Gasteiger partial charge in [-0.1, -0.05) is 29.8 Å². The van der Waals surface area contributed by atoms with Crippen LogP contribution in [-0.4, -0.2) is 23.7 Å². The number of carbonyl (C=O) groups is 2. The van der Waals surface area contributed by atoms with E-state index >= 15 is 0 Å². The average molecular weight is 486 g/mol. The van der Waals surface area contributed by atoms with E-state index < -0.39 is 11.9 Å². The molecule has 0 heterocycles. The van der Waals surface area contributed by atoms with Gasteiger partial charge < -0.3 is 14.6 Å². The molecule has 0 aliphatic carbocycles. The average Bonchev–Trinajstić information content (AvgIpc) is 2.57. The minimum absolute atomic E-state index is 0.0943. The summed E-state index contributed by atoms with van der Waals surface area (Å²) in [6, 6.07) is 9.32. The molecule has 1 N–H and O–H groups in total. The molecule has 0 aliphatic heterocycles. The summed E-state index contributed by atoms with van der Waals surface area (Å²) < 4.78 is 12.2. The van der Waals surface area contributed by atoms with E-state index in [-0.39, 0.29) is 16.9 Å². The highest BCUT2D eigenvalue weighted by Gasteiger charge is 2.18. The van der Waals surface area contributed by atoms with Crippen molar-refractivity contribution in [2.75, 3.05) is 6.61 Å². The van der Waals surface area contributed by atoms with Crippen LogP contribution in [0.4, 0.5) is 0 Å². The van der Waals surface area contributed by atoms with Crippen LogP contribution in [0.5, 0.6) is 11.5 Å². The minimum Gasteiger partial charge on any atom is -0.493 e. The summed E-state index contributed by atoms with van der Waals surface area (Å²) in [5.41, 5.74) is 0.383. The third-order valence-electron chi connectivity index (χ3n) is 3.50. The SMILES string of the molecule is CC(C)CCOc1ccc(Br)cc1C(=O)Oc1ccc(C(=O)O)cc1Br. The van der Waals surface area contributed by atoms with Crippen molar-refractivity contribution in [1.29, 1.82) is 0 Å². The first kappa shape index (κ1) is 20.5. The maximum atomic E-state index is 12.6. The lowest BCUT2D eigenvalue weighted by Gasteiger charge is -2.13. The van der Waals surface area contributed by atoms with Gasteiger partial charge in [0.1, 0.15) is 17.1 Å². The number of hydrogen-bond donors (Lipinski definition) is 1. The van der Waals surface area contributed by atoms with E-state index in [4.69, 9.17) is 14.6 Å². The fraction of sp³-hybridized carbons (Fsp3) is 0.263. The molecule has 0 radical (unpaired) electrons. The number of aromatic carboxylic acids is 1. The third-order valence-corrected chi connectivity index (χ3v) is 4.61. The summed E-state index contributed by atoms with van der Waals surface area (Å²) in [7, 11) is 0. The molecule has 0 aromatic heterocycles. The van der Waals surface area contributed by atoms with Crippen molar-refractivity contribution in [3.63, 3.8) is 0 Å². The van der Waals surface area contributed by atoms with Crippen LogP contribution < -0.4 is 9.47 Å². The van der Waals surface area contributed by atoms with E-state index in [1.54, 1.807) is 18.2 Å². The van der Waals surface area contributed by atoms with Crippen LogP contribution in [0, 0.1) is 5.92 Å². The van der Waals surface area contributed by atoms with E-state index in [2.05, 4.69) is 45.7 Å². The van der Waals surface area contributed by atoms with Crippen molar-refractivity contribution >= 4 is 43.8 Å². The number of benzene rings is 2. The van der Waals surface area contributed by atoms with Crippen molar-refractivity contribution in [3.8, 4) is 11.5 Å². The Hall–Kier alpha value is -1.86. The molecule has 2 aromatic carbocycles. The van der Waals surface area contributed by atoms with Gasteiger partial charge >= 0.3 is 11.9 Å². The Morgan fingerprint density at radius 2 is 1.77 bits per heavy atom. The highest BCUT2D eigenvalue weighted by Crippen LogP contribution is 2.29. The first-order chi connectivity index (χ1) is 12.3. The lowest BCUT2D eigenvalue weighted by molar-refractivity contribution is 0.0696. The number of rotatable bonds is 7. The van der Waals surface area contributed by atoms with Gasteiger partial charge in [-0.25, -0.2) is 9.59 Å². The fourth-order valence-electron chi connectivity index (χ4n) is 2.06. The lowest BCUT2D eigenvalue weighted by atomic mass is 10.1. The van der Waals surface area contributed by atoms with Crippen molar-refractivity contribution in [2.24, 2.45) is 5.92 Å². The number of hydrogen-bond acceptors (Lipinski definition) is 4. The first-order valence-electron chi connectivity index (χ1n) is 7.95. The van der Waals surface area contributed by atoms with E-state index in [1.165, 1.54) is 18.2 Å². The Balaban J connectivity index is 2.21. The van der Waals surface area contributed by atoms with Crippen molar-refractivity contribution in [2.45, 2.75) is 20.3 Å². The van der Waals surface area contributed by atoms with E-state index in [0.717, 1.165) is 10.9 Å². The summed E-state index contributed by atoms with van der Waals surface area (Å²) in [4.78, 5) is 23.6. The molecule has 0 bridgehead atoms. The van der Waals surface area contributed by atoms with Crippen LogP contribution in [0.2, 0.25) is 0 Å². The number of ether oxygens (including phenoxy) is 2. The summed E-state index contributed by atoms with van der Waals surface area (Å²) in [6.07, 6.45) is 0.868. The lowest BCUT2D eigenvalue weighted by Crippen LogP contribution is -2.12. The van der Waals surface area contributed by atoms with E-state index in [1.807, 2.05) is 0 Å². The van der Waals surface area contributed by atoms with Gasteiger partial charge in [-0.15, -0.1) is 0 Å². The van der Waals surface area contributed by atoms with Gasteiger partial charge in [0, 0.05) is 4.47 Å². The maximum absolute atomic E-state index is 12.6. The molecule has 7 heteroatoms. The topological polar surface area (TPSA) is 72.8 Å². The fourth-order valence-corrected chi connectivity index (χ4v) is 2.88. The van der Waals surface area contributed by atoms with Gasteiger partial charge in [0.25, 0.3) is 0 Å². The Kier molecular flexibility index (Phi) is 7.23. The van der Waals surface area contributed by atoms with Crippen LogP contribution >= 0.6 is 31.9 Å². The standard InChI is InChI=1S/C19H18Br2O5/c1-11(2)7-8-25-16-6-4-13(20)10-14(16)19(24)26-17-5-3-12(18(22)23)9-15(17)21/h3-6,9-11H,7-8H2,1-2H3,(H,22,23). The van der Waals surface area contributed by atoms with Crippen LogP contribution in [0.15, 0.2) is 45.3 Å². The van der Waals surface area contributed by atoms with Gasteiger partial charge in [-0.2, -0.15) is 0 Å². The zero-order valence-corrected chi connectivity index (χ0v) is 17.5. The quantitative estimate of drug-likeness (QED) is 0.411. The number of carbonyl (C=O) groups excluding carboxylic acids is 1. The van der Waals surface area contributed by atoms with Crippen LogP contribution in [-0.2, 0) is 0 Å². The summed E-state index contributed by atoms with van der Waals surface area (Å²) in [5, 5.41) is 9.00. The molecule has 2 aromatic rings. The van der Waals surface area contributed by atoms with Crippen LogP contribution in [0.3, 0.4) is 0 Å². The molecule has 0 saturated carbocycles. The highest BCUT2D eigenvalue weighted by molar-refractivity contribution is 9.10. The van der Waals surface area contributed by atoms with Gasteiger partial charge in [-0.05, 0) is 64.7 Å². The summed E-state index contributed by atoms with van der Waals surface area (Å²) in [5.74, 6) is -0.485. The molecule has 0 aliphatic rings. The molecular formula is C19H18Br2O5. The molecule has 0 spiro atoms. The second kappa shape index (κ2) is 9.19. The highest BCUT2D eigenvalue weighted by atomic mass is 79.9. The van der Waals surface area contributed by atoms with Crippen LogP contribution in [0.1, 0.15) is 41.0 Å². The largest absolute Gasteiger partial charge is 0.493 e. The van der Waals surface area contributed by atoms with Gasteiger partial charge in [0.15, 0.2) is 0 Å². The van der Waals surface area contributed by atoms with E-state index in [0.29, 0.717) is 22.7 Å². The maximum Gasteiger partial charge on any atom is 0.347 e. The molecule has 0 amide bonds. The van der Waals surface area contributed by atoms with Crippen molar-refractivity contribution < 1.29 is 24.2 Å². The van der Waals surface area contributed by atoms with Crippen molar-refractivity contribution in [3.05, 3.63) is 56.5 Å². The molecule has 2 rings (SSSR count). The molecule has 138 valence electrons. The number of carboxylic acids is 1. The minimum atomic E-state index is -1.06. The second-order valence-corrected chi connectivity index (χ2v) is 7.78. The second-order valence-electron chi connectivity index (χ2n) is 6.01. The van der Waals surface area contributed by atoms with Gasteiger partial charge in [0.2, 0.25) is 0 Å². The molecule has 0 saturated heterocycles. The normalized spacial score (nSPS) is 10.7. The van der Waals surface area contributed by atoms with E-state index in [9.17, 15) is 9.59 Å². The number of carboxylic acid groups (broad SMARTS) is 1. The Labute approximate surface area is 168 Å². The number of halogens is 2. The smallest absolute Gasteiger partial charge is 0.347 e. The third kappa shape index (κ3) is 5.57. The first-order valence-corrected chi connectivity index (χ1v) is 9.54. The Morgan fingerprint density at radius 3 is 2.38 bits per heavy atom. The van der Waals surface area contributed by atoms with Gasteiger partial charge in [0.05, 0.1) is 16.6 Å².